The third-order valence-electron chi connectivity index (χ3n) is 3.98. The molecule has 0 fully saturated rings. The van der Waals surface area contributed by atoms with Gasteiger partial charge in [0.25, 0.3) is 21.8 Å². The Hall–Kier alpha value is -2.71. The summed E-state index contributed by atoms with van der Waals surface area (Å²) in [6, 6.07) is 11.8. The topological polar surface area (TPSA) is 118 Å². The number of aryl methyl sites for hydroxylation is 1. The molecule has 0 radical (unpaired) electrons. The second-order valence-electron chi connectivity index (χ2n) is 7.06. The van der Waals surface area contributed by atoms with Crippen molar-refractivity contribution in [2.45, 2.75) is 38.1 Å². The standard InChI is InChI=1S/C20H25N3O4S/c1-13(2)10-18(21)20(25)23-28(26,27)17-9-5-8-16(12-17)22-19(24)15-7-4-6-14(3)11-15/h4-9,11-13,18H,10,21H2,1-3H3,(H,22,24)(H,23,25)/t18-/m0/s1. The Morgan fingerprint density at radius 2 is 1.75 bits per heavy atom. The molecule has 2 amide bonds. The molecule has 0 aliphatic carbocycles. The summed E-state index contributed by atoms with van der Waals surface area (Å²) < 4.78 is 27.0. The third kappa shape index (κ3) is 5.90. The molecule has 2 aromatic rings. The molecule has 0 heterocycles. The Labute approximate surface area is 165 Å². The van der Waals surface area contributed by atoms with Crippen LogP contribution in [0.3, 0.4) is 0 Å². The van der Waals surface area contributed by atoms with E-state index in [9.17, 15) is 18.0 Å². The maximum atomic E-state index is 12.5. The lowest BCUT2D eigenvalue weighted by atomic mass is 10.0. The molecule has 1 atom stereocenters. The highest BCUT2D eigenvalue weighted by Gasteiger charge is 2.23. The van der Waals surface area contributed by atoms with E-state index in [4.69, 9.17) is 5.73 Å². The van der Waals surface area contributed by atoms with E-state index in [-0.39, 0.29) is 16.7 Å². The minimum atomic E-state index is -4.10. The predicted octanol–water partition coefficient (Wildman–Crippen LogP) is 2.43. The molecule has 0 unspecified atom stereocenters. The fraction of sp³-hybridized carbons (Fsp3) is 0.300. The van der Waals surface area contributed by atoms with Crippen LogP contribution in [0.25, 0.3) is 0 Å². The van der Waals surface area contributed by atoms with Crippen molar-refractivity contribution in [2.24, 2.45) is 11.7 Å². The van der Waals surface area contributed by atoms with Gasteiger partial charge in [-0.2, -0.15) is 0 Å². The average Bonchev–Trinajstić information content (AvgIpc) is 2.61. The Kier molecular flexibility index (Phi) is 6.93. The molecule has 0 spiro atoms. The van der Waals surface area contributed by atoms with Crippen molar-refractivity contribution in [3.05, 3.63) is 59.7 Å². The number of amides is 2. The summed E-state index contributed by atoms with van der Waals surface area (Å²) in [6.07, 6.45) is 0.369. The van der Waals surface area contributed by atoms with Crippen LogP contribution < -0.4 is 15.8 Å². The molecular formula is C20H25N3O4S. The lowest BCUT2D eigenvalue weighted by Crippen LogP contribution is -2.43. The summed E-state index contributed by atoms with van der Waals surface area (Å²) in [4.78, 5) is 24.3. The largest absolute Gasteiger partial charge is 0.322 e. The van der Waals surface area contributed by atoms with Crippen LogP contribution in [0.5, 0.6) is 0 Å². The minimum Gasteiger partial charge on any atom is -0.322 e. The van der Waals surface area contributed by atoms with E-state index in [0.717, 1.165) is 5.56 Å². The lowest BCUT2D eigenvalue weighted by Gasteiger charge is -2.15. The molecule has 4 N–H and O–H groups in total. The van der Waals surface area contributed by atoms with Crippen LogP contribution in [0.4, 0.5) is 5.69 Å². The van der Waals surface area contributed by atoms with E-state index < -0.39 is 22.0 Å². The first-order valence-corrected chi connectivity index (χ1v) is 10.4. The van der Waals surface area contributed by atoms with Crippen molar-refractivity contribution in [3.63, 3.8) is 0 Å². The van der Waals surface area contributed by atoms with Crippen molar-refractivity contribution < 1.29 is 18.0 Å². The van der Waals surface area contributed by atoms with Gasteiger partial charge in [0.15, 0.2) is 0 Å². The fourth-order valence-electron chi connectivity index (χ4n) is 2.61. The van der Waals surface area contributed by atoms with Gasteiger partial charge in [-0.1, -0.05) is 37.6 Å². The number of benzene rings is 2. The molecule has 0 aliphatic rings. The summed E-state index contributed by atoms with van der Waals surface area (Å²) >= 11 is 0. The molecule has 2 aromatic carbocycles. The summed E-state index contributed by atoms with van der Waals surface area (Å²) in [5, 5.41) is 2.66. The van der Waals surface area contributed by atoms with Crippen molar-refractivity contribution in [1.82, 2.24) is 4.72 Å². The number of anilines is 1. The van der Waals surface area contributed by atoms with Crippen LogP contribution in [0.1, 0.15) is 36.2 Å². The van der Waals surface area contributed by atoms with Gasteiger partial charge >= 0.3 is 0 Å². The molecule has 0 saturated heterocycles. The van der Waals surface area contributed by atoms with E-state index in [0.29, 0.717) is 17.7 Å². The third-order valence-corrected chi connectivity index (χ3v) is 5.32. The van der Waals surface area contributed by atoms with Gasteiger partial charge in [-0.3, -0.25) is 9.59 Å². The van der Waals surface area contributed by atoms with Crippen molar-refractivity contribution in [3.8, 4) is 0 Å². The van der Waals surface area contributed by atoms with Gasteiger partial charge in [-0.05, 0) is 49.6 Å². The van der Waals surface area contributed by atoms with E-state index in [1.165, 1.54) is 18.2 Å². The fourth-order valence-corrected chi connectivity index (χ4v) is 3.69. The highest BCUT2D eigenvalue weighted by Crippen LogP contribution is 2.17. The SMILES string of the molecule is Cc1cccc(C(=O)Nc2cccc(S(=O)(=O)NC(=O)[C@@H](N)CC(C)C)c2)c1. The molecule has 0 aromatic heterocycles. The minimum absolute atomic E-state index is 0.139. The number of sulfonamides is 1. The Balaban J connectivity index is 2.15. The van der Waals surface area contributed by atoms with Crippen LogP contribution in [0, 0.1) is 12.8 Å². The van der Waals surface area contributed by atoms with Crippen LogP contribution in [0.2, 0.25) is 0 Å². The zero-order valence-corrected chi connectivity index (χ0v) is 16.9. The second-order valence-corrected chi connectivity index (χ2v) is 8.74. The zero-order valence-electron chi connectivity index (χ0n) is 16.1. The number of hydrogen-bond acceptors (Lipinski definition) is 5. The van der Waals surface area contributed by atoms with Crippen LogP contribution in [-0.2, 0) is 14.8 Å². The van der Waals surface area contributed by atoms with Crippen LogP contribution >= 0.6 is 0 Å². The van der Waals surface area contributed by atoms with E-state index in [1.807, 2.05) is 31.6 Å². The monoisotopic (exact) mass is 403 g/mol. The number of rotatable bonds is 7. The summed E-state index contributed by atoms with van der Waals surface area (Å²) in [6.45, 7) is 5.65. The van der Waals surface area contributed by atoms with E-state index >= 15 is 0 Å². The molecule has 28 heavy (non-hydrogen) atoms. The summed E-state index contributed by atoms with van der Waals surface area (Å²) in [7, 11) is -4.10. The van der Waals surface area contributed by atoms with Crippen LogP contribution in [0.15, 0.2) is 53.4 Å². The molecule has 7 nitrogen and oxygen atoms in total. The van der Waals surface area contributed by atoms with Crippen LogP contribution in [-0.4, -0.2) is 26.3 Å². The van der Waals surface area contributed by atoms with Crippen molar-refractivity contribution >= 4 is 27.5 Å². The summed E-state index contributed by atoms with van der Waals surface area (Å²) in [5.41, 5.74) is 7.44. The van der Waals surface area contributed by atoms with Gasteiger partial charge in [0.05, 0.1) is 10.9 Å². The smallest absolute Gasteiger partial charge is 0.264 e. The normalized spacial score (nSPS) is 12.5. The number of nitrogens with one attached hydrogen (secondary N) is 2. The van der Waals surface area contributed by atoms with Gasteiger partial charge in [0.1, 0.15) is 0 Å². The zero-order chi connectivity index (χ0) is 20.9. The summed E-state index contributed by atoms with van der Waals surface area (Å²) in [5.74, 6) is -0.965. The Morgan fingerprint density at radius 1 is 1.07 bits per heavy atom. The first-order chi connectivity index (χ1) is 13.1. The molecule has 0 bridgehead atoms. The molecule has 0 aliphatic heterocycles. The van der Waals surface area contributed by atoms with Gasteiger partial charge in [0.2, 0.25) is 0 Å². The van der Waals surface area contributed by atoms with Crippen molar-refractivity contribution in [2.75, 3.05) is 5.32 Å². The van der Waals surface area contributed by atoms with Gasteiger partial charge < -0.3 is 11.1 Å². The quantitative estimate of drug-likeness (QED) is 0.656. The van der Waals surface area contributed by atoms with Gasteiger partial charge in [-0.25, -0.2) is 13.1 Å². The number of hydrogen-bond donors (Lipinski definition) is 3. The van der Waals surface area contributed by atoms with Gasteiger partial charge in [-0.15, -0.1) is 0 Å². The predicted molar refractivity (Wildman–Crippen MR) is 108 cm³/mol. The molecule has 0 saturated carbocycles. The maximum Gasteiger partial charge on any atom is 0.264 e. The molecule has 2 rings (SSSR count). The first kappa shape index (κ1) is 21.6. The Morgan fingerprint density at radius 3 is 2.39 bits per heavy atom. The molecule has 8 heteroatoms. The average molecular weight is 404 g/mol. The number of carbonyl (C=O) groups excluding carboxylic acids is 2. The molecular weight excluding hydrogens is 378 g/mol. The lowest BCUT2D eigenvalue weighted by molar-refractivity contribution is -0.120. The second kappa shape index (κ2) is 8.99. The Bertz CT molecular complexity index is 971. The highest BCUT2D eigenvalue weighted by molar-refractivity contribution is 7.90. The molecule has 150 valence electrons. The number of carbonyl (C=O) groups is 2. The number of nitrogens with two attached hydrogens (primary N) is 1. The van der Waals surface area contributed by atoms with Gasteiger partial charge in [0, 0.05) is 11.3 Å². The highest BCUT2D eigenvalue weighted by atomic mass is 32.2. The van der Waals surface area contributed by atoms with E-state index in [1.54, 1.807) is 24.3 Å². The van der Waals surface area contributed by atoms with Crippen molar-refractivity contribution in [1.29, 1.82) is 0 Å². The van der Waals surface area contributed by atoms with E-state index in [2.05, 4.69) is 5.32 Å². The maximum absolute atomic E-state index is 12.5. The first-order valence-electron chi connectivity index (χ1n) is 8.89.